The Hall–Kier alpha value is -3.74. The first kappa shape index (κ1) is 25.9. The van der Waals surface area contributed by atoms with Gasteiger partial charge in [0.2, 0.25) is 0 Å². The Balaban J connectivity index is 1.54. The molecule has 1 heterocycles. The molecule has 0 aliphatic rings. The maximum atomic E-state index is 13.1. The van der Waals surface area contributed by atoms with Crippen molar-refractivity contribution in [3.8, 4) is 11.5 Å². The van der Waals surface area contributed by atoms with Gasteiger partial charge in [0.1, 0.15) is 5.82 Å². The summed E-state index contributed by atoms with van der Waals surface area (Å²) in [6.45, 7) is 4.07. The number of amides is 2. The smallest absolute Gasteiger partial charge is 0.322 e. The number of rotatable bonds is 13. The summed E-state index contributed by atoms with van der Waals surface area (Å²) in [6.07, 6.45) is 5.91. The number of nitrogens with one attached hydrogen (secondary N) is 2. The van der Waals surface area contributed by atoms with Crippen molar-refractivity contribution >= 4 is 17.5 Å². The van der Waals surface area contributed by atoms with Crippen LogP contribution in [0.3, 0.4) is 0 Å². The molecule has 0 fully saturated rings. The zero-order valence-electron chi connectivity index (χ0n) is 20.9. The van der Waals surface area contributed by atoms with E-state index >= 15 is 0 Å². The van der Waals surface area contributed by atoms with Gasteiger partial charge in [-0.2, -0.15) is 0 Å². The van der Waals surface area contributed by atoms with Gasteiger partial charge in [-0.15, -0.1) is 0 Å². The molecule has 0 spiro atoms. The molecule has 0 atom stereocenters. The van der Waals surface area contributed by atoms with E-state index in [1.54, 1.807) is 20.4 Å². The zero-order chi connectivity index (χ0) is 24.9. The van der Waals surface area contributed by atoms with E-state index < -0.39 is 0 Å². The second kappa shape index (κ2) is 13.8. The fourth-order valence-electron chi connectivity index (χ4n) is 3.76. The lowest BCUT2D eigenvalue weighted by molar-refractivity contribution is 0.207. The summed E-state index contributed by atoms with van der Waals surface area (Å²) in [5.41, 5.74) is 2.93. The van der Waals surface area contributed by atoms with Crippen LogP contribution in [-0.4, -0.2) is 43.2 Å². The first-order valence-corrected chi connectivity index (χ1v) is 12.1. The summed E-state index contributed by atoms with van der Waals surface area (Å²) in [4.78, 5) is 19.3. The third-order valence-electron chi connectivity index (χ3n) is 5.74. The van der Waals surface area contributed by atoms with E-state index in [2.05, 4.69) is 15.6 Å². The number of hydrogen-bond donors (Lipinski definition) is 2. The lowest BCUT2D eigenvalue weighted by atomic mass is 10.1. The number of anilines is 2. The fourth-order valence-corrected chi connectivity index (χ4v) is 3.76. The number of nitrogens with zero attached hydrogens (tertiary/aromatic N) is 2. The third kappa shape index (κ3) is 8.52. The van der Waals surface area contributed by atoms with Crippen LogP contribution < -0.4 is 20.1 Å². The second-order valence-electron chi connectivity index (χ2n) is 8.46. The number of carbonyl (C=O) groups is 1. The highest BCUT2D eigenvalue weighted by molar-refractivity contribution is 5.89. The van der Waals surface area contributed by atoms with Gasteiger partial charge in [-0.25, -0.2) is 9.78 Å². The van der Waals surface area contributed by atoms with Crippen molar-refractivity contribution in [3.05, 3.63) is 78.0 Å². The number of methoxy groups -OCH3 is 2. The van der Waals surface area contributed by atoms with E-state index in [4.69, 9.17) is 9.47 Å². The summed E-state index contributed by atoms with van der Waals surface area (Å²) in [6, 6.07) is 19.4. The van der Waals surface area contributed by atoms with Crippen LogP contribution in [0, 0.1) is 6.92 Å². The van der Waals surface area contributed by atoms with Crippen molar-refractivity contribution in [1.82, 2.24) is 9.88 Å². The maximum absolute atomic E-state index is 13.1. The summed E-state index contributed by atoms with van der Waals surface area (Å²) in [5.74, 6) is 2.23. The van der Waals surface area contributed by atoms with Gasteiger partial charge in [-0.05, 0) is 61.7 Å². The van der Waals surface area contributed by atoms with Gasteiger partial charge in [0, 0.05) is 31.5 Å². The van der Waals surface area contributed by atoms with Crippen LogP contribution in [0.15, 0.2) is 66.9 Å². The molecule has 0 aliphatic heterocycles. The molecule has 2 aromatic carbocycles. The summed E-state index contributed by atoms with van der Waals surface area (Å²) in [7, 11) is 3.23. The van der Waals surface area contributed by atoms with Crippen LogP contribution in [0.5, 0.6) is 11.5 Å². The molecule has 0 aliphatic carbocycles. The Labute approximate surface area is 208 Å². The van der Waals surface area contributed by atoms with Gasteiger partial charge in [0.05, 0.1) is 14.2 Å². The quantitative estimate of drug-likeness (QED) is 0.291. The first-order chi connectivity index (χ1) is 17.1. The van der Waals surface area contributed by atoms with Crippen molar-refractivity contribution in [2.24, 2.45) is 0 Å². The minimum Gasteiger partial charge on any atom is -0.493 e. The predicted octanol–water partition coefficient (Wildman–Crippen LogP) is 6.11. The number of aryl methyl sites for hydroxylation is 1. The number of carbonyl (C=O) groups excluding carboxylic acids is 1. The molecule has 0 saturated carbocycles. The van der Waals surface area contributed by atoms with E-state index in [1.165, 1.54) is 0 Å². The van der Waals surface area contributed by atoms with Crippen molar-refractivity contribution in [2.45, 2.75) is 39.2 Å². The molecule has 0 unspecified atom stereocenters. The number of unbranched alkanes of at least 4 members (excludes halogenated alkanes) is 3. The minimum atomic E-state index is -0.111. The summed E-state index contributed by atoms with van der Waals surface area (Å²) in [5, 5.41) is 6.37. The Morgan fingerprint density at radius 1 is 0.914 bits per heavy atom. The number of ether oxygens (including phenoxy) is 2. The third-order valence-corrected chi connectivity index (χ3v) is 5.74. The largest absolute Gasteiger partial charge is 0.493 e. The number of hydrogen-bond acceptors (Lipinski definition) is 5. The van der Waals surface area contributed by atoms with Crippen LogP contribution >= 0.6 is 0 Å². The van der Waals surface area contributed by atoms with Crippen LogP contribution in [0.4, 0.5) is 16.3 Å². The normalized spacial score (nSPS) is 10.5. The number of benzene rings is 2. The number of aromatic nitrogens is 1. The van der Waals surface area contributed by atoms with Gasteiger partial charge in [-0.1, -0.05) is 42.7 Å². The summed E-state index contributed by atoms with van der Waals surface area (Å²) < 4.78 is 10.8. The Bertz CT molecular complexity index is 1040. The average Bonchev–Trinajstić information content (AvgIpc) is 2.89. The van der Waals surface area contributed by atoms with Crippen molar-refractivity contribution < 1.29 is 14.3 Å². The van der Waals surface area contributed by atoms with E-state index in [0.717, 1.165) is 54.9 Å². The lowest BCUT2D eigenvalue weighted by Crippen LogP contribution is -2.35. The minimum absolute atomic E-state index is 0.111. The second-order valence-corrected chi connectivity index (χ2v) is 8.46. The van der Waals surface area contributed by atoms with Gasteiger partial charge in [0.15, 0.2) is 11.5 Å². The summed E-state index contributed by atoms with van der Waals surface area (Å²) >= 11 is 0. The average molecular weight is 477 g/mol. The SMILES string of the molecule is COc1ccc(CN(CCCCCCNc2ccccn2)C(=O)Nc2ccc(C)cc2)cc1OC. The van der Waals surface area contributed by atoms with E-state index in [-0.39, 0.29) is 6.03 Å². The molecular formula is C28H36N4O3. The highest BCUT2D eigenvalue weighted by atomic mass is 16.5. The van der Waals surface area contributed by atoms with E-state index in [1.807, 2.05) is 72.5 Å². The molecular weight excluding hydrogens is 440 g/mol. The number of pyridine rings is 1. The van der Waals surface area contributed by atoms with E-state index in [9.17, 15) is 4.79 Å². The first-order valence-electron chi connectivity index (χ1n) is 12.1. The number of urea groups is 1. The van der Waals surface area contributed by atoms with Crippen molar-refractivity contribution in [1.29, 1.82) is 0 Å². The monoisotopic (exact) mass is 476 g/mol. The Morgan fingerprint density at radius 3 is 2.40 bits per heavy atom. The van der Waals surface area contributed by atoms with Gasteiger partial charge < -0.3 is 25.0 Å². The molecule has 3 rings (SSSR count). The van der Waals surface area contributed by atoms with Crippen molar-refractivity contribution in [3.63, 3.8) is 0 Å². The molecule has 3 aromatic rings. The van der Waals surface area contributed by atoms with E-state index in [0.29, 0.717) is 24.6 Å². The lowest BCUT2D eigenvalue weighted by Gasteiger charge is -2.24. The van der Waals surface area contributed by atoms with Gasteiger partial charge >= 0.3 is 6.03 Å². The Morgan fingerprint density at radius 2 is 1.69 bits per heavy atom. The van der Waals surface area contributed by atoms with Gasteiger partial charge in [0.25, 0.3) is 0 Å². The molecule has 2 amide bonds. The van der Waals surface area contributed by atoms with Crippen LogP contribution in [0.2, 0.25) is 0 Å². The predicted molar refractivity (Wildman–Crippen MR) is 141 cm³/mol. The van der Waals surface area contributed by atoms with Crippen molar-refractivity contribution in [2.75, 3.05) is 37.9 Å². The Kier molecular flexibility index (Phi) is 10.2. The molecule has 0 saturated heterocycles. The van der Waals surface area contributed by atoms with Crippen LogP contribution in [0.25, 0.3) is 0 Å². The highest BCUT2D eigenvalue weighted by Crippen LogP contribution is 2.28. The fraction of sp³-hybridized carbons (Fsp3) is 0.357. The molecule has 7 nitrogen and oxygen atoms in total. The molecule has 0 bridgehead atoms. The highest BCUT2D eigenvalue weighted by Gasteiger charge is 2.15. The molecule has 35 heavy (non-hydrogen) atoms. The zero-order valence-corrected chi connectivity index (χ0v) is 20.9. The molecule has 2 N–H and O–H groups in total. The molecule has 7 heteroatoms. The molecule has 0 radical (unpaired) electrons. The maximum Gasteiger partial charge on any atom is 0.322 e. The van der Waals surface area contributed by atoms with Crippen LogP contribution in [-0.2, 0) is 6.54 Å². The molecule has 186 valence electrons. The standard InChI is InChI=1S/C28H36N4O3/c1-22-11-14-24(15-12-22)31-28(33)32(21-23-13-16-25(34-2)26(20-23)35-3)19-9-5-4-7-17-29-27-10-6-8-18-30-27/h6,8,10-16,18,20H,4-5,7,9,17,19,21H2,1-3H3,(H,29,30)(H,31,33). The van der Waals surface area contributed by atoms with Gasteiger partial charge in [-0.3, -0.25) is 0 Å². The van der Waals surface area contributed by atoms with Crippen LogP contribution in [0.1, 0.15) is 36.8 Å². The topological polar surface area (TPSA) is 75.7 Å². The molecule has 1 aromatic heterocycles.